The van der Waals surface area contributed by atoms with Gasteiger partial charge in [-0.15, -0.1) is 0 Å². The predicted molar refractivity (Wildman–Crippen MR) is 168 cm³/mol. The molecule has 0 radical (unpaired) electrons. The number of aliphatic hydroxyl groups excluding tert-OH is 1. The van der Waals surface area contributed by atoms with Crippen LogP contribution in [0.4, 0.5) is 0 Å². The van der Waals surface area contributed by atoms with Crippen molar-refractivity contribution < 1.29 is 59.8 Å². The van der Waals surface area contributed by atoms with Crippen LogP contribution in [-0.2, 0) is 35.7 Å². The zero-order chi connectivity index (χ0) is 31.7. The van der Waals surface area contributed by atoms with Crippen LogP contribution < -0.4 is 40.4 Å². The number of aromatic hydroxyl groups is 2. The molecule has 4 N–H and O–H groups in total. The van der Waals surface area contributed by atoms with E-state index in [2.05, 4.69) is 4.90 Å². The van der Waals surface area contributed by atoms with Crippen molar-refractivity contribution in [3.05, 3.63) is 55.4 Å². The number of pyridine rings is 2. The van der Waals surface area contributed by atoms with E-state index < -0.39 is 0 Å². The maximum atomic E-state index is 11.7. The molecule has 2 aromatic rings. The van der Waals surface area contributed by atoms with Crippen molar-refractivity contribution >= 4 is 0 Å². The summed E-state index contributed by atoms with van der Waals surface area (Å²) < 4.78 is 14.3. The average Bonchev–Trinajstić information content (AvgIpc) is 2.97. The van der Waals surface area contributed by atoms with Gasteiger partial charge in [-0.05, 0) is 68.0 Å². The molecule has 0 aromatic carbocycles. The summed E-state index contributed by atoms with van der Waals surface area (Å²) in [5.41, 5.74) is 2.59. The Balaban J connectivity index is 0. The van der Waals surface area contributed by atoms with Crippen molar-refractivity contribution in [2.45, 2.75) is 80.1 Å². The summed E-state index contributed by atoms with van der Waals surface area (Å²) in [6, 6.07) is 2.96. The average molecular weight is 635 g/mol. The third kappa shape index (κ3) is 15.0. The van der Waals surface area contributed by atoms with Crippen molar-refractivity contribution in [2.24, 2.45) is 0 Å². The van der Waals surface area contributed by atoms with Crippen LogP contribution in [-0.4, -0.2) is 99.9 Å². The Morgan fingerprint density at radius 1 is 0.773 bits per heavy atom. The quantitative estimate of drug-likeness (QED) is 0.359. The molecule has 248 valence electrons. The maximum absolute atomic E-state index is 11.7. The molecule has 12 nitrogen and oxygen atoms in total. The number of aliphatic hydroxyl groups is 1. The van der Waals surface area contributed by atoms with Gasteiger partial charge in [0.15, 0.2) is 11.5 Å². The molecule has 44 heavy (non-hydrogen) atoms. The van der Waals surface area contributed by atoms with Crippen LogP contribution in [0.3, 0.4) is 0 Å². The number of aromatic nitrogens is 2. The Labute approximate surface area is 284 Å². The Bertz CT molecular complexity index is 1170. The first-order valence-electron chi connectivity index (χ1n) is 15.0. The van der Waals surface area contributed by atoms with E-state index in [0.717, 1.165) is 50.8 Å². The monoisotopic (exact) mass is 634 g/mol. The summed E-state index contributed by atoms with van der Waals surface area (Å²) in [6.45, 7) is 17.5. The third-order valence-corrected chi connectivity index (χ3v) is 6.85. The van der Waals surface area contributed by atoms with Crippen LogP contribution in [0.2, 0.25) is 0 Å². The van der Waals surface area contributed by atoms with Crippen molar-refractivity contribution in [1.29, 1.82) is 0 Å². The first kappa shape index (κ1) is 44.4. The van der Waals surface area contributed by atoms with Crippen LogP contribution in [0.1, 0.15) is 62.8 Å². The molecule has 0 aliphatic carbocycles. The van der Waals surface area contributed by atoms with Crippen molar-refractivity contribution in [1.82, 2.24) is 18.9 Å². The molecular weight excluding hydrogens is 579 g/mol. The van der Waals surface area contributed by atoms with Gasteiger partial charge in [0.2, 0.25) is 10.9 Å². The fourth-order valence-corrected chi connectivity index (χ4v) is 4.80. The van der Waals surface area contributed by atoms with E-state index in [9.17, 15) is 19.8 Å². The fourth-order valence-electron chi connectivity index (χ4n) is 4.80. The second-order valence-electron chi connectivity index (χ2n) is 10.5. The number of aryl methyl sites for hydroxylation is 2. The normalized spacial score (nSPS) is 14.4. The van der Waals surface area contributed by atoms with Gasteiger partial charge in [0, 0.05) is 82.6 Å². The minimum atomic E-state index is -0.297. The Morgan fingerprint density at radius 3 is 1.55 bits per heavy atom. The molecule has 2 aliphatic heterocycles. The predicted octanol–water partition coefficient (Wildman–Crippen LogP) is -0.329. The van der Waals surface area contributed by atoms with E-state index in [1.807, 2.05) is 55.8 Å². The largest absolute Gasteiger partial charge is 1.00 e. The first-order chi connectivity index (χ1) is 20.0. The molecule has 0 amide bonds. The van der Waals surface area contributed by atoms with Crippen molar-refractivity contribution in [2.75, 3.05) is 60.2 Å². The summed E-state index contributed by atoms with van der Waals surface area (Å²) in [6.07, 6.45) is 3.93. The van der Waals surface area contributed by atoms with Gasteiger partial charge in [0.05, 0.1) is 24.6 Å². The molecule has 2 aliphatic rings. The Kier molecular flexibility index (Phi) is 24.7. The summed E-state index contributed by atoms with van der Waals surface area (Å²) in [7, 11) is 3.82. The number of hydrogen-bond donors (Lipinski definition) is 3. The van der Waals surface area contributed by atoms with E-state index >= 15 is 0 Å². The van der Waals surface area contributed by atoms with Crippen molar-refractivity contribution in [3.8, 4) is 11.5 Å². The number of morpholine rings is 1. The van der Waals surface area contributed by atoms with E-state index in [1.165, 1.54) is 31.4 Å². The molecule has 2 saturated heterocycles. The Morgan fingerprint density at radius 2 is 1.18 bits per heavy atom. The minimum Gasteiger partial charge on any atom is -0.870 e. The van der Waals surface area contributed by atoms with Gasteiger partial charge in [0.1, 0.15) is 0 Å². The number of ether oxygens (including phenoxy) is 2. The van der Waals surface area contributed by atoms with Gasteiger partial charge < -0.3 is 44.3 Å². The molecule has 2 fully saturated rings. The molecule has 2 aromatic heterocycles. The van der Waals surface area contributed by atoms with E-state index in [0.29, 0.717) is 37.7 Å². The number of hydrogen-bond acceptors (Lipinski definition) is 10. The van der Waals surface area contributed by atoms with Gasteiger partial charge in [-0.25, -0.2) is 0 Å². The van der Waals surface area contributed by atoms with Crippen LogP contribution in [0.25, 0.3) is 0 Å². The summed E-state index contributed by atoms with van der Waals surface area (Å²) in [5, 5.41) is 27.3. The SMILES string of the molecule is C1CCOCC1.CCO.CCn1c(C)cc(=O)c(O)c1CN(C)C.CCn1c(C)cc(=O)c(O)c1CN1CCOCC1.[Na+].[OH-]. The van der Waals surface area contributed by atoms with Crippen LogP contribution in [0.5, 0.6) is 11.5 Å². The molecule has 0 atom stereocenters. The molecule has 0 unspecified atom stereocenters. The molecule has 4 rings (SSSR count). The molecule has 0 spiro atoms. The van der Waals surface area contributed by atoms with Crippen LogP contribution in [0.15, 0.2) is 21.7 Å². The smallest absolute Gasteiger partial charge is 0.870 e. The zero-order valence-electron chi connectivity index (χ0n) is 28.3. The third-order valence-electron chi connectivity index (χ3n) is 6.85. The van der Waals surface area contributed by atoms with E-state index in [-0.39, 0.29) is 64.0 Å². The standard InChI is InChI=1S/C13H20N2O3.C11H18N2O2.C5H10O.C2H6O.Na.H2O/c1-3-15-10(2)8-12(16)13(17)11(15)9-14-4-6-18-7-5-14;1-5-13-8(2)6-10(14)11(15)9(13)7-12(3)4;1-2-4-6-5-3-1;1-2-3;;/h8,17H,3-7,9H2,1-2H3;6,15H,5,7H2,1-4H3;1-5H2;3H,2H2,1H3;;1H2/q;;;;+1;/p-1. The van der Waals surface area contributed by atoms with Gasteiger partial charge in [0.25, 0.3) is 0 Å². The summed E-state index contributed by atoms with van der Waals surface area (Å²) >= 11 is 0. The summed E-state index contributed by atoms with van der Waals surface area (Å²) in [5.74, 6) is -0.245. The molecule has 13 heteroatoms. The van der Waals surface area contributed by atoms with Crippen LogP contribution >= 0.6 is 0 Å². The maximum Gasteiger partial charge on any atom is 1.00 e. The molecule has 0 saturated carbocycles. The van der Waals surface area contributed by atoms with Crippen molar-refractivity contribution in [3.63, 3.8) is 0 Å². The number of nitrogens with zero attached hydrogens (tertiary/aromatic N) is 4. The Hall–Kier alpha value is -1.74. The fraction of sp³-hybridized carbons (Fsp3) is 0.677. The van der Waals surface area contributed by atoms with Crippen LogP contribution in [0, 0.1) is 13.8 Å². The van der Waals surface area contributed by atoms with E-state index in [1.54, 1.807) is 6.92 Å². The van der Waals surface area contributed by atoms with Gasteiger partial charge >= 0.3 is 29.6 Å². The minimum absolute atomic E-state index is 0. The topological polar surface area (TPSA) is 160 Å². The molecular formula is C31H55N4NaO8. The number of rotatable bonds is 6. The summed E-state index contributed by atoms with van der Waals surface area (Å²) in [4.78, 5) is 27.2. The molecule has 0 bridgehead atoms. The first-order valence-corrected chi connectivity index (χ1v) is 15.0. The zero-order valence-corrected chi connectivity index (χ0v) is 30.3. The van der Waals surface area contributed by atoms with Gasteiger partial charge in [-0.2, -0.15) is 0 Å². The second-order valence-corrected chi connectivity index (χ2v) is 10.5. The molecule has 4 heterocycles. The van der Waals surface area contributed by atoms with Gasteiger partial charge in [-0.3, -0.25) is 14.5 Å². The van der Waals surface area contributed by atoms with E-state index in [4.69, 9.17) is 14.6 Å². The second kappa shape index (κ2) is 24.5. The van der Waals surface area contributed by atoms with Gasteiger partial charge in [-0.1, -0.05) is 0 Å².